The van der Waals surface area contributed by atoms with Gasteiger partial charge in [0.05, 0.1) is 0 Å². The smallest absolute Gasteiger partial charge is 0.154 e. The fourth-order valence-electron chi connectivity index (χ4n) is 3.81. The van der Waals surface area contributed by atoms with Crippen molar-refractivity contribution in [1.29, 1.82) is 0 Å². The van der Waals surface area contributed by atoms with Crippen LogP contribution in [-0.2, 0) is 7.05 Å². The fourth-order valence-corrected chi connectivity index (χ4v) is 3.81. The molecule has 0 saturated heterocycles. The van der Waals surface area contributed by atoms with Crippen LogP contribution in [0.1, 0.15) is 43.4 Å². The van der Waals surface area contributed by atoms with Crippen LogP contribution >= 0.6 is 0 Å². The van der Waals surface area contributed by atoms with Crippen LogP contribution in [-0.4, -0.2) is 20.6 Å². The summed E-state index contributed by atoms with van der Waals surface area (Å²) in [7, 11) is 2.08. The van der Waals surface area contributed by atoms with Gasteiger partial charge in [0.25, 0.3) is 0 Å². The highest BCUT2D eigenvalue weighted by atomic mass is 15.1. The normalized spacial score (nSPS) is 11.5. The Morgan fingerprint density at radius 1 is 1.04 bits per heavy atom. The van der Waals surface area contributed by atoms with Gasteiger partial charge >= 0.3 is 0 Å². The van der Waals surface area contributed by atoms with Gasteiger partial charge in [-0.15, -0.1) is 0 Å². The topological polar surface area (TPSA) is 42.7 Å². The van der Waals surface area contributed by atoms with E-state index >= 15 is 0 Å². The van der Waals surface area contributed by atoms with E-state index in [1.165, 1.54) is 27.8 Å². The van der Waals surface area contributed by atoms with Crippen molar-refractivity contribution in [2.45, 2.75) is 53.5 Å². The number of aromatic nitrogens is 3. The van der Waals surface area contributed by atoms with Gasteiger partial charge in [-0.2, -0.15) is 0 Å². The summed E-state index contributed by atoms with van der Waals surface area (Å²) in [5.41, 5.74) is 8.43. The second-order valence-corrected chi connectivity index (χ2v) is 7.00. The van der Waals surface area contributed by atoms with E-state index in [0.29, 0.717) is 6.04 Å². The molecule has 0 saturated carbocycles. The maximum absolute atomic E-state index is 4.63. The lowest BCUT2D eigenvalue weighted by Gasteiger charge is -2.16. The van der Waals surface area contributed by atoms with Crippen molar-refractivity contribution in [2.75, 3.05) is 5.32 Å². The molecule has 1 N–H and O–H groups in total. The van der Waals surface area contributed by atoms with Crippen molar-refractivity contribution < 1.29 is 0 Å². The molecule has 0 amide bonds. The minimum atomic E-state index is 0.430. The summed E-state index contributed by atoms with van der Waals surface area (Å²) in [5.74, 6) is 0.926. The van der Waals surface area contributed by atoms with E-state index < -0.39 is 0 Å². The van der Waals surface area contributed by atoms with Gasteiger partial charge in [-0.1, -0.05) is 31.5 Å². The molecule has 2 aromatic heterocycles. The standard InChI is InChI=1S/C21H28N4/c1-7-16(8-2)24-21-20-19(22-12-23-21)17(11-25(20)6)18-14(4)9-13(3)10-15(18)5/h9-12,16H,7-8H2,1-6H3,(H,22,23,24). The number of nitrogens with one attached hydrogen (secondary N) is 1. The van der Waals surface area contributed by atoms with Crippen LogP contribution in [0.3, 0.4) is 0 Å². The van der Waals surface area contributed by atoms with Crippen molar-refractivity contribution >= 4 is 16.9 Å². The lowest BCUT2D eigenvalue weighted by atomic mass is 9.95. The number of anilines is 1. The molecular formula is C21H28N4. The molecule has 0 fully saturated rings. The van der Waals surface area contributed by atoms with Gasteiger partial charge in [0.15, 0.2) is 5.82 Å². The van der Waals surface area contributed by atoms with Gasteiger partial charge in [0.2, 0.25) is 0 Å². The molecule has 2 heterocycles. The van der Waals surface area contributed by atoms with E-state index in [0.717, 1.165) is 29.7 Å². The molecule has 0 atom stereocenters. The van der Waals surface area contributed by atoms with Gasteiger partial charge in [-0.05, 0) is 50.3 Å². The van der Waals surface area contributed by atoms with Crippen molar-refractivity contribution in [3.8, 4) is 11.1 Å². The van der Waals surface area contributed by atoms with Crippen LogP contribution in [0.2, 0.25) is 0 Å². The molecule has 0 aliphatic carbocycles. The molecule has 4 nitrogen and oxygen atoms in total. The number of aryl methyl sites for hydroxylation is 4. The first-order chi connectivity index (χ1) is 12.0. The summed E-state index contributed by atoms with van der Waals surface area (Å²) in [6.45, 7) is 10.9. The summed E-state index contributed by atoms with van der Waals surface area (Å²) >= 11 is 0. The minimum absolute atomic E-state index is 0.430. The monoisotopic (exact) mass is 336 g/mol. The van der Waals surface area contributed by atoms with Gasteiger partial charge in [-0.25, -0.2) is 9.97 Å². The fraction of sp³-hybridized carbons (Fsp3) is 0.429. The number of benzene rings is 1. The Morgan fingerprint density at radius 3 is 2.28 bits per heavy atom. The third-order valence-corrected chi connectivity index (χ3v) is 5.03. The van der Waals surface area contributed by atoms with E-state index in [-0.39, 0.29) is 0 Å². The Hall–Kier alpha value is -2.36. The molecular weight excluding hydrogens is 308 g/mol. The third kappa shape index (κ3) is 3.13. The summed E-state index contributed by atoms with van der Waals surface area (Å²) in [6, 6.07) is 4.91. The first-order valence-electron chi connectivity index (χ1n) is 9.11. The zero-order valence-electron chi connectivity index (χ0n) is 16.1. The molecule has 0 bridgehead atoms. The number of nitrogens with zero attached hydrogens (tertiary/aromatic N) is 3. The molecule has 0 aliphatic rings. The number of rotatable bonds is 5. The second-order valence-electron chi connectivity index (χ2n) is 7.00. The molecule has 132 valence electrons. The number of hydrogen-bond acceptors (Lipinski definition) is 3. The Labute approximate surface area is 150 Å². The predicted molar refractivity (Wildman–Crippen MR) is 106 cm³/mol. The van der Waals surface area contributed by atoms with E-state index in [2.05, 4.69) is 79.8 Å². The van der Waals surface area contributed by atoms with E-state index in [4.69, 9.17) is 0 Å². The number of hydrogen-bond donors (Lipinski definition) is 1. The quantitative estimate of drug-likeness (QED) is 0.699. The highest BCUT2D eigenvalue weighted by molar-refractivity contribution is 5.99. The molecule has 0 unspecified atom stereocenters. The maximum atomic E-state index is 4.63. The van der Waals surface area contributed by atoms with Crippen LogP contribution in [0.25, 0.3) is 22.2 Å². The van der Waals surface area contributed by atoms with Crippen molar-refractivity contribution in [2.24, 2.45) is 7.05 Å². The lowest BCUT2D eigenvalue weighted by Crippen LogP contribution is -2.18. The highest BCUT2D eigenvalue weighted by Gasteiger charge is 2.18. The van der Waals surface area contributed by atoms with Crippen molar-refractivity contribution in [3.63, 3.8) is 0 Å². The molecule has 25 heavy (non-hydrogen) atoms. The lowest BCUT2D eigenvalue weighted by molar-refractivity contribution is 0.668. The van der Waals surface area contributed by atoms with E-state index in [1.54, 1.807) is 6.33 Å². The van der Waals surface area contributed by atoms with Gasteiger partial charge < -0.3 is 9.88 Å². The van der Waals surface area contributed by atoms with Gasteiger partial charge in [0.1, 0.15) is 17.4 Å². The zero-order chi connectivity index (χ0) is 18.1. The highest BCUT2D eigenvalue weighted by Crippen LogP contribution is 2.36. The predicted octanol–water partition coefficient (Wildman–Crippen LogP) is 5.16. The average Bonchev–Trinajstić information content (AvgIpc) is 2.89. The molecule has 4 heteroatoms. The minimum Gasteiger partial charge on any atom is -0.366 e. The van der Waals surface area contributed by atoms with Crippen molar-refractivity contribution in [1.82, 2.24) is 14.5 Å². The molecule has 1 aromatic carbocycles. The molecule has 0 radical (unpaired) electrons. The molecule has 3 aromatic rings. The molecule has 3 rings (SSSR count). The summed E-state index contributed by atoms with van der Waals surface area (Å²) < 4.78 is 2.15. The summed E-state index contributed by atoms with van der Waals surface area (Å²) in [5, 5.41) is 3.59. The summed E-state index contributed by atoms with van der Waals surface area (Å²) in [4.78, 5) is 9.16. The molecule has 0 aliphatic heterocycles. The van der Waals surface area contributed by atoms with Crippen LogP contribution in [0.15, 0.2) is 24.7 Å². The van der Waals surface area contributed by atoms with Gasteiger partial charge in [-0.3, -0.25) is 0 Å². The number of fused-ring (bicyclic) bond motifs is 1. The van der Waals surface area contributed by atoms with Crippen LogP contribution in [0, 0.1) is 20.8 Å². The zero-order valence-corrected chi connectivity index (χ0v) is 16.1. The largest absolute Gasteiger partial charge is 0.366 e. The Kier molecular flexibility index (Phi) is 4.80. The third-order valence-electron chi connectivity index (χ3n) is 5.03. The van der Waals surface area contributed by atoms with Crippen LogP contribution in [0.5, 0.6) is 0 Å². The molecule has 0 spiro atoms. The maximum Gasteiger partial charge on any atom is 0.154 e. The summed E-state index contributed by atoms with van der Waals surface area (Å²) in [6.07, 6.45) is 6.02. The van der Waals surface area contributed by atoms with Crippen molar-refractivity contribution in [3.05, 3.63) is 41.3 Å². The average molecular weight is 336 g/mol. The van der Waals surface area contributed by atoms with Crippen LogP contribution in [0.4, 0.5) is 5.82 Å². The van der Waals surface area contributed by atoms with E-state index in [1.807, 2.05) is 0 Å². The second kappa shape index (κ2) is 6.87. The Morgan fingerprint density at radius 2 is 1.68 bits per heavy atom. The first-order valence-corrected chi connectivity index (χ1v) is 9.11. The Balaban J connectivity index is 2.20. The van der Waals surface area contributed by atoms with E-state index in [9.17, 15) is 0 Å². The van der Waals surface area contributed by atoms with Crippen LogP contribution < -0.4 is 5.32 Å². The first kappa shape index (κ1) is 17.5. The Bertz CT molecular complexity index is 881. The SMILES string of the molecule is CCC(CC)Nc1ncnc2c(-c3c(C)cc(C)cc3C)cn(C)c12. The van der Waals surface area contributed by atoms with Gasteiger partial charge in [0, 0.05) is 24.8 Å².